The van der Waals surface area contributed by atoms with Gasteiger partial charge in [0.25, 0.3) is 11.6 Å². The lowest BCUT2D eigenvalue weighted by Crippen LogP contribution is -2.48. The Balaban J connectivity index is 1.36. The molecule has 1 aliphatic rings. The van der Waals surface area contributed by atoms with Gasteiger partial charge in [-0.25, -0.2) is 4.98 Å². The lowest BCUT2D eigenvalue weighted by atomic mass is 10.1. The predicted octanol–water partition coefficient (Wildman–Crippen LogP) is 4.33. The molecule has 4 rings (SSSR count). The highest BCUT2D eigenvalue weighted by Gasteiger charge is 2.24. The van der Waals surface area contributed by atoms with E-state index in [-0.39, 0.29) is 16.5 Å². The van der Waals surface area contributed by atoms with Crippen molar-refractivity contribution >= 4 is 34.5 Å². The van der Waals surface area contributed by atoms with Crippen LogP contribution in [-0.2, 0) is 6.54 Å². The van der Waals surface area contributed by atoms with Gasteiger partial charge in [-0.3, -0.25) is 19.8 Å². The number of halogens is 1. The Bertz CT molecular complexity index is 1080. The molecule has 3 aromatic rings. The van der Waals surface area contributed by atoms with Gasteiger partial charge in [-0.15, -0.1) is 11.3 Å². The van der Waals surface area contributed by atoms with E-state index in [0.717, 1.165) is 16.1 Å². The number of piperazine rings is 1. The van der Waals surface area contributed by atoms with Gasteiger partial charge in [0.15, 0.2) is 0 Å². The van der Waals surface area contributed by atoms with Gasteiger partial charge in [0, 0.05) is 60.8 Å². The number of non-ortho nitro benzene ring substituents is 1. The van der Waals surface area contributed by atoms with Crippen molar-refractivity contribution in [3.8, 4) is 10.6 Å². The summed E-state index contributed by atoms with van der Waals surface area (Å²) in [5.41, 5.74) is 2.34. The summed E-state index contributed by atoms with van der Waals surface area (Å²) in [6.45, 7) is 3.23. The van der Waals surface area contributed by atoms with Gasteiger partial charge in [-0.2, -0.15) is 0 Å². The average molecular weight is 443 g/mol. The summed E-state index contributed by atoms with van der Waals surface area (Å²) < 4.78 is 0. The van der Waals surface area contributed by atoms with E-state index >= 15 is 0 Å². The second-order valence-electron chi connectivity index (χ2n) is 7.04. The highest BCUT2D eigenvalue weighted by Crippen LogP contribution is 2.26. The van der Waals surface area contributed by atoms with Crippen molar-refractivity contribution in [3.05, 3.63) is 80.3 Å². The number of aromatic nitrogens is 1. The Labute approximate surface area is 182 Å². The van der Waals surface area contributed by atoms with E-state index in [1.807, 2.05) is 24.3 Å². The molecule has 2 aromatic carbocycles. The molecule has 7 nitrogen and oxygen atoms in total. The van der Waals surface area contributed by atoms with Crippen LogP contribution in [0, 0.1) is 10.1 Å². The highest BCUT2D eigenvalue weighted by atomic mass is 35.5. The lowest BCUT2D eigenvalue weighted by Gasteiger charge is -2.34. The molecular formula is C21H19ClN4O3S. The first-order valence-electron chi connectivity index (χ1n) is 9.46. The normalized spacial score (nSPS) is 14.6. The van der Waals surface area contributed by atoms with Crippen LogP contribution in [0.15, 0.2) is 53.9 Å². The number of carbonyl (C=O) groups excluding carboxylic acids is 1. The molecule has 1 amide bonds. The zero-order chi connectivity index (χ0) is 21.1. The molecule has 0 spiro atoms. The Morgan fingerprint density at radius 3 is 2.63 bits per heavy atom. The van der Waals surface area contributed by atoms with Gasteiger partial charge in [-0.05, 0) is 17.7 Å². The van der Waals surface area contributed by atoms with Crippen LogP contribution in [0.5, 0.6) is 0 Å². The molecular weight excluding hydrogens is 424 g/mol. The number of nitrogens with zero attached hydrogens (tertiary/aromatic N) is 4. The zero-order valence-electron chi connectivity index (χ0n) is 16.0. The Hall–Kier alpha value is -2.81. The molecule has 30 heavy (non-hydrogen) atoms. The summed E-state index contributed by atoms with van der Waals surface area (Å²) in [5.74, 6) is -0.0745. The maximum absolute atomic E-state index is 12.8. The third-order valence-corrected chi connectivity index (χ3v) is 6.11. The molecule has 0 atom stereocenters. The molecule has 154 valence electrons. The van der Waals surface area contributed by atoms with E-state index in [1.165, 1.54) is 17.4 Å². The SMILES string of the molecule is O=C(c1csc(-c2cccc(Cl)c2)n1)N1CCN(Cc2cccc([N+](=O)[O-])c2)CC1. The first-order chi connectivity index (χ1) is 14.5. The Morgan fingerprint density at radius 1 is 1.13 bits per heavy atom. The van der Waals surface area contributed by atoms with E-state index in [2.05, 4.69) is 9.88 Å². The predicted molar refractivity (Wildman–Crippen MR) is 117 cm³/mol. The largest absolute Gasteiger partial charge is 0.335 e. The number of hydrogen-bond acceptors (Lipinski definition) is 6. The van der Waals surface area contributed by atoms with E-state index in [9.17, 15) is 14.9 Å². The summed E-state index contributed by atoms with van der Waals surface area (Å²) in [4.78, 5) is 31.9. The number of benzene rings is 2. The number of hydrogen-bond donors (Lipinski definition) is 0. The van der Waals surface area contributed by atoms with Crippen LogP contribution < -0.4 is 0 Å². The molecule has 0 bridgehead atoms. The highest BCUT2D eigenvalue weighted by molar-refractivity contribution is 7.13. The van der Waals surface area contributed by atoms with Crippen LogP contribution in [-0.4, -0.2) is 51.8 Å². The number of carbonyl (C=O) groups is 1. The van der Waals surface area contributed by atoms with Crippen molar-refractivity contribution in [2.24, 2.45) is 0 Å². The summed E-state index contributed by atoms with van der Waals surface area (Å²) >= 11 is 7.47. The fourth-order valence-electron chi connectivity index (χ4n) is 3.42. The van der Waals surface area contributed by atoms with Gasteiger partial charge in [-0.1, -0.05) is 35.9 Å². The lowest BCUT2D eigenvalue weighted by molar-refractivity contribution is -0.384. The third-order valence-electron chi connectivity index (χ3n) is 4.98. The topological polar surface area (TPSA) is 79.6 Å². The van der Waals surface area contributed by atoms with Crippen molar-refractivity contribution in [1.82, 2.24) is 14.8 Å². The summed E-state index contributed by atoms with van der Waals surface area (Å²) in [6, 6.07) is 14.1. The van der Waals surface area contributed by atoms with Crippen LogP contribution >= 0.6 is 22.9 Å². The first-order valence-corrected chi connectivity index (χ1v) is 10.7. The molecule has 0 saturated carbocycles. The maximum Gasteiger partial charge on any atom is 0.273 e. The standard InChI is InChI=1S/C21H19ClN4O3S/c22-17-5-2-4-16(12-17)20-23-19(14-30-20)21(27)25-9-7-24(8-10-25)13-15-3-1-6-18(11-15)26(28)29/h1-6,11-12,14H,7-10,13H2. The Morgan fingerprint density at radius 2 is 1.90 bits per heavy atom. The smallest absolute Gasteiger partial charge is 0.273 e. The van der Waals surface area contributed by atoms with E-state index in [4.69, 9.17) is 11.6 Å². The van der Waals surface area contributed by atoms with Gasteiger partial charge in [0.1, 0.15) is 10.7 Å². The molecule has 1 aromatic heterocycles. The minimum absolute atomic E-state index is 0.0745. The van der Waals surface area contributed by atoms with E-state index in [1.54, 1.807) is 28.5 Å². The molecule has 2 heterocycles. The van der Waals surface area contributed by atoms with Gasteiger partial charge >= 0.3 is 0 Å². The number of thiazole rings is 1. The van der Waals surface area contributed by atoms with Gasteiger partial charge in [0.05, 0.1) is 4.92 Å². The van der Waals surface area contributed by atoms with E-state index in [0.29, 0.717) is 43.4 Å². The fourth-order valence-corrected chi connectivity index (χ4v) is 4.40. The number of rotatable bonds is 5. The summed E-state index contributed by atoms with van der Waals surface area (Å²) in [5, 5.41) is 14.1. The molecule has 0 aliphatic carbocycles. The van der Waals surface area contributed by atoms with Crippen molar-refractivity contribution in [3.63, 3.8) is 0 Å². The number of nitro groups is 1. The number of amides is 1. The van der Waals surface area contributed by atoms with E-state index < -0.39 is 0 Å². The Kier molecular flexibility index (Phi) is 6.08. The zero-order valence-corrected chi connectivity index (χ0v) is 17.6. The fraction of sp³-hybridized carbons (Fsp3) is 0.238. The number of nitro benzene ring substituents is 1. The molecule has 0 unspecified atom stereocenters. The summed E-state index contributed by atoms with van der Waals surface area (Å²) in [7, 11) is 0. The molecule has 9 heteroatoms. The van der Waals surface area contributed by atoms with Crippen molar-refractivity contribution < 1.29 is 9.72 Å². The van der Waals surface area contributed by atoms with Crippen molar-refractivity contribution in [2.45, 2.75) is 6.54 Å². The van der Waals surface area contributed by atoms with Gasteiger partial charge in [0.2, 0.25) is 0 Å². The monoisotopic (exact) mass is 442 g/mol. The molecule has 0 radical (unpaired) electrons. The van der Waals surface area contributed by atoms with Gasteiger partial charge < -0.3 is 4.90 Å². The van der Waals surface area contributed by atoms with Crippen LogP contribution in [0.4, 0.5) is 5.69 Å². The minimum atomic E-state index is -0.383. The van der Waals surface area contributed by atoms with Crippen LogP contribution in [0.1, 0.15) is 16.1 Å². The molecule has 0 N–H and O–H groups in total. The van der Waals surface area contributed by atoms with Crippen LogP contribution in [0.3, 0.4) is 0 Å². The average Bonchev–Trinajstić information content (AvgIpc) is 3.24. The molecule has 1 saturated heterocycles. The second kappa shape index (κ2) is 8.91. The van der Waals surface area contributed by atoms with Crippen LogP contribution in [0.25, 0.3) is 10.6 Å². The van der Waals surface area contributed by atoms with Crippen LogP contribution in [0.2, 0.25) is 5.02 Å². The third kappa shape index (κ3) is 4.67. The minimum Gasteiger partial charge on any atom is -0.335 e. The van der Waals surface area contributed by atoms with Crippen molar-refractivity contribution in [1.29, 1.82) is 0 Å². The molecule has 1 aliphatic heterocycles. The first kappa shape index (κ1) is 20.5. The second-order valence-corrected chi connectivity index (χ2v) is 8.34. The molecule has 1 fully saturated rings. The maximum atomic E-state index is 12.8. The summed E-state index contributed by atoms with van der Waals surface area (Å²) in [6.07, 6.45) is 0. The quantitative estimate of drug-likeness (QED) is 0.434. The van der Waals surface area contributed by atoms with Crippen molar-refractivity contribution in [2.75, 3.05) is 26.2 Å².